The number of nitrogens with zero attached hydrogens (tertiary/aromatic N) is 2. The van der Waals surface area contributed by atoms with E-state index in [1.807, 2.05) is 25.1 Å². The summed E-state index contributed by atoms with van der Waals surface area (Å²) < 4.78 is 0. The lowest BCUT2D eigenvalue weighted by Gasteiger charge is -2.18. The largest absolute Gasteiger partial charge is 0.377 e. The van der Waals surface area contributed by atoms with Crippen LogP contribution in [-0.4, -0.2) is 15.2 Å². The van der Waals surface area contributed by atoms with Crippen LogP contribution in [0.5, 0.6) is 0 Å². The van der Waals surface area contributed by atoms with E-state index in [0.29, 0.717) is 6.04 Å². The molecule has 21 heavy (non-hydrogen) atoms. The third-order valence-corrected chi connectivity index (χ3v) is 4.38. The van der Waals surface area contributed by atoms with Gasteiger partial charge in [0.05, 0.1) is 6.04 Å². The predicted molar refractivity (Wildman–Crippen MR) is 87.5 cm³/mol. The normalized spacial score (nSPS) is 12.3. The van der Waals surface area contributed by atoms with Crippen LogP contribution in [0.3, 0.4) is 0 Å². The summed E-state index contributed by atoms with van der Waals surface area (Å²) in [5.41, 5.74) is 2.09. The van der Waals surface area contributed by atoms with E-state index in [2.05, 4.69) is 51.0 Å². The van der Waals surface area contributed by atoms with Gasteiger partial charge in [-0.3, -0.25) is 5.10 Å². The fourth-order valence-electron chi connectivity index (χ4n) is 2.32. The number of hydrogen-bond donors (Lipinski definition) is 2. The lowest BCUT2D eigenvalue weighted by molar-refractivity contribution is 0.764. The molecular formula is C16H18N4S. The minimum absolute atomic E-state index is 0.311. The quantitative estimate of drug-likeness (QED) is 0.734. The third kappa shape index (κ3) is 2.97. The van der Waals surface area contributed by atoms with Crippen LogP contribution < -0.4 is 5.32 Å². The molecule has 1 atom stereocenters. The van der Waals surface area contributed by atoms with Gasteiger partial charge < -0.3 is 5.32 Å². The summed E-state index contributed by atoms with van der Waals surface area (Å²) in [5, 5.41) is 12.9. The topological polar surface area (TPSA) is 53.6 Å². The highest BCUT2D eigenvalue weighted by molar-refractivity contribution is 7.10. The zero-order chi connectivity index (χ0) is 14.7. The minimum atomic E-state index is 0.311. The van der Waals surface area contributed by atoms with Gasteiger partial charge in [0.2, 0.25) is 0 Å². The highest BCUT2D eigenvalue weighted by Crippen LogP contribution is 2.31. The number of para-hydroxylation sites is 1. The second-order valence-electron chi connectivity index (χ2n) is 4.91. The first-order valence-corrected chi connectivity index (χ1v) is 7.94. The Kier molecular flexibility index (Phi) is 4.01. The molecule has 5 heteroatoms. The van der Waals surface area contributed by atoms with E-state index < -0.39 is 0 Å². The van der Waals surface area contributed by atoms with Crippen molar-refractivity contribution >= 4 is 17.0 Å². The molecule has 1 aromatic carbocycles. The Morgan fingerprint density at radius 1 is 1.24 bits per heavy atom. The van der Waals surface area contributed by atoms with E-state index in [1.165, 1.54) is 4.88 Å². The maximum absolute atomic E-state index is 4.43. The maximum atomic E-state index is 4.43. The highest BCUT2D eigenvalue weighted by atomic mass is 32.1. The molecule has 0 radical (unpaired) electrons. The number of aryl methyl sites for hydroxylation is 1. The van der Waals surface area contributed by atoms with Gasteiger partial charge in [0.25, 0.3) is 0 Å². The number of anilines is 1. The molecule has 0 bridgehead atoms. The highest BCUT2D eigenvalue weighted by Gasteiger charge is 2.14. The van der Waals surface area contributed by atoms with Crippen LogP contribution in [0.1, 0.15) is 30.1 Å². The first-order valence-electron chi connectivity index (χ1n) is 7.06. The van der Waals surface area contributed by atoms with E-state index in [0.717, 1.165) is 29.3 Å². The molecule has 0 saturated heterocycles. The van der Waals surface area contributed by atoms with E-state index in [-0.39, 0.29) is 0 Å². The Labute approximate surface area is 128 Å². The maximum Gasteiger partial charge on any atom is 0.183 e. The van der Waals surface area contributed by atoms with Gasteiger partial charge in [-0.1, -0.05) is 25.1 Å². The summed E-state index contributed by atoms with van der Waals surface area (Å²) in [6.45, 7) is 4.10. The number of thiophene rings is 1. The van der Waals surface area contributed by atoms with Crippen LogP contribution in [0.15, 0.2) is 41.8 Å². The van der Waals surface area contributed by atoms with Crippen LogP contribution in [0.4, 0.5) is 5.69 Å². The number of H-pyrrole nitrogens is 1. The van der Waals surface area contributed by atoms with Crippen molar-refractivity contribution in [1.82, 2.24) is 15.2 Å². The Balaban J connectivity index is 1.92. The van der Waals surface area contributed by atoms with Crippen LogP contribution >= 0.6 is 11.3 Å². The van der Waals surface area contributed by atoms with E-state index in [4.69, 9.17) is 0 Å². The lowest BCUT2D eigenvalue weighted by atomic mass is 10.1. The molecule has 1 unspecified atom stereocenters. The zero-order valence-corrected chi connectivity index (χ0v) is 12.9. The molecule has 2 N–H and O–H groups in total. The SMILES string of the molecule is CCC(Nc1ccccc1-c1n[nH]c(C)n1)c1cccs1. The smallest absolute Gasteiger partial charge is 0.183 e. The molecule has 2 heterocycles. The molecule has 0 aliphatic rings. The van der Waals surface area contributed by atoms with E-state index >= 15 is 0 Å². The number of aromatic amines is 1. The molecule has 0 fully saturated rings. The Morgan fingerprint density at radius 3 is 2.76 bits per heavy atom. The number of hydrogen-bond acceptors (Lipinski definition) is 4. The molecular weight excluding hydrogens is 280 g/mol. The predicted octanol–water partition coefficient (Wildman–Crippen LogP) is 4.40. The van der Waals surface area contributed by atoms with Crippen LogP contribution in [0.2, 0.25) is 0 Å². The van der Waals surface area contributed by atoms with Crippen LogP contribution in [-0.2, 0) is 0 Å². The molecule has 4 nitrogen and oxygen atoms in total. The molecule has 108 valence electrons. The van der Waals surface area contributed by atoms with Gasteiger partial charge in [-0.05, 0) is 36.9 Å². The molecule has 0 amide bonds. The van der Waals surface area contributed by atoms with Gasteiger partial charge >= 0.3 is 0 Å². The second kappa shape index (κ2) is 6.10. The van der Waals surface area contributed by atoms with Gasteiger partial charge in [-0.2, -0.15) is 5.10 Å². The average Bonchev–Trinajstić information content (AvgIpc) is 3.16. The zero-order valence-electron chi connectivity index (χ0n) is 12.1. The van der Waals surface area contributed by atoms with Crippen molar-refractivity contribution in [2.45, 2.75) is 26.3 Å². The Morgan fingerprint density at radius 2 is 2.10 bits per heavy atom. The van der Waals surface area contributed by atoms with Gasteiger partial charge in [-0.25, -0.2) is 4.98 Å². The number of aromatic nitrogens is 3. The van der Waals surface area contributed by atoms with Gasteiger partial charge in [0.15, 0.2) is 5.82 Å². The lowest BCUT2D eigenvalue weighted by Crippen LogP contribution is -2.09. The fraction of sp³-hybridized carbons (Fsp3) is 0.250. The van der Waals surface area contributed by atoms with E-state index in [9.17, 15) is 0 Å². The number of benzene rings is 1. The fourth-order valence-corrected chi connectivity index (χ4v) is 3.18. The first-order chi connectivity index (χ1) is 10.3. The van der Waals surface area contributed by atoms with Crippen molar-refractivity contribution in [3.63, 3.8) is 0 Å². The van der Waals surface area contributed by atoms with E-state index in [1.54, 1.807) is 11.3 Å². The molecule has 0 aliphatic carbocycles. The molecule has 0 saturated carbocycles. The summed E-state index contributed by atoms with van der Waals surface area (Å²) in [6.07, 6.45) is 1.03. The Bertz CT molecular complexity index is 703. The summed E-state index contributed by atoms with van der Waals surface area (Å²) >= 11 is 1.78. The molecule has 0 spiro atoms. The van der Waals surface area contributed by atoms with Gasteiger partial charge in [0.1, 0.15) is 5.82 Å². The summed E-state index contributed by atoms with van der Waals surface area (Å²) in [4.78, 5) is 5.78. The first kappa shape index (κ1) is 13.8. The van der Waals surface area contributed by atoms with Gasteiger partial charge in [-0.15, -0.1) is 11.3 Å². The summed E-state index contributed by atoms with van der Waals surface area (Å²) in [6, 6.07) is 12.8. The minimum Gasteiger partial charge on any atom is -0.377 e. The van der Waals surface area contributed by atoms with Crippen LogP contribution in [0.25, 0.3) is 11.4 Å². The summed E-state index contributed by atoms with van der Waals surface area (Å²) in [5.74, 6) is 1.56. The molecule has 0 aliphatic heterocycles. The van der Waals surface area contributed by atoms with Crippen LogP contribution in [0, 0.1) is 6.92 Å². The third-order valence-electron chi connectivity index (χ3n) is 3.39. The number of rotatable bonds is 5. The molecule has 2 aromatic heterocycles. The monoisotopic (exact) mass is 298 g/mol. The van der Waals surface area contributed by atoms with Crippen molar-refractivity contribution in [2.24, 2.45) is 0 Å². The van der Waals surface area contributed by atoms with Crippen molar-refractivity contribution in [3.8, 4) is 11.4 Å². The standard InChI is InChI=1S/C16H18N4S/c1-3-13(15-9-6-10-21-15)18-14-8-5-4-7-12(14)16-17-11(2)19-20-16/h4-10,13,18H,3H2,1-2H3,(H,17,19,20). The average molecular weight is 298 g/mol. The second-order valence-corrected chi connectivity index (χ2v) is 5.89. The van der Waals surface area contributed by atoms with Crippen molar-refractivity contribution in [2.75, 3.05) is 5.32 Å². The van der Waals surface area contributed by atoms with Crippen molar-refractivity contribution in [3.05, 3.63) is 52.5 Å². The van der Waals surface area contributed by atoms with Gasteiger partial charge in [0, 0.05) is 16.1 Å². The van der Waals surface area contributed by atoms with Crippen molar-refractivity contribution < 1.29 is 0 Å². The number of nitrogens with one attached hydrogen (secondary N) is 2. The van der Waals surface area contributed by atoms with Crippen molar-refractivity contribution in [1.29, 1.82) is 0 Å². The summed E-state index contributed by atoms with van der Waals surface area (Å²) in [7, 11) is 0. The molecule has 3 aromatic rings. The Hall–Kier alpha value is -2.14. The molecule has 3 rings (SSSR count).